The Labute approximate surface area is 199 Å². The van der Waals surface area contributed by atoms with Gasteiger partial charge in [0.1, 0.15) is 11.5 Å². The van der Waals surface area contributed by atoms with Crippen molar-refractivity contribution in [3.8, 4) is 16.5 Å². The number of aromatic nitrogens is 4. The Morgan fingerprint density at radius 2 is 2.00 bits per heavy atom. The predicted molar refractivity (Wildman–Crippen MR) is 133 cm³/mol. The maximum atomic E-state index is 12.7. The van der Waals surface area contributed by atoms with Crippen LogP contribution in [0.4, 0.5) is 5.82 Å². The minimum absolute atomic E-state index is 0.126. The molecule has 9 heteroatoms. The second-order valence-corrected chi connectivity index (χ2v) is 9.79. The summed E-state index contributed by atoms with van der Waals surface area (Å²) >= 11 is 3.11. The zero-order valence-electron chi connectivity index (χ0n) is 17.9. The maximum absolute atomic E-state index is 12.7. The molecule has 0 saturated carbocycles. The van der Waals surface area contributed by atoms with E-state index in [4.69, 9.17) is 4.98 Å². The Morgan fingerprint density at radius 1 is 1.15 bits per heavy atom. The van der Waals surface area contributed by atoms with E-state index in [9.17, 15) is 9.59 Å². The number of carbonyl (C=O) groups is 1. The predicted octanol–water partition coefficient (Wildman–Crippen LogP) is 4.43. The first-order valence-corrected chi connectivity index (χ1v) is 12.9. The minimum Gasteiger partial charge on any atom is -0.310 e. The van der Waals surface area contributed by atoms with Gasteiger partial charge in [0, 0.05) is 17.4 Å². The van der Waals surface area contributed by atoms with E-state index < -0.39 is 0 Å². The average Bonchev–Trinajstić information content (AvgIpc) is 3.50. The van der Waals surface area contributed by atoms with Gasteiger partial charge >= 0.3 is 0 Å². The lowest BCUT2D eigenvalue weighted by molar-refractivity contribution is -0.113. The zero-order chi connectivity index (χ0) is 22.6. The van der Waals surface area contributed by atoms with Crippen LogP contribution in [0.3, 0.4) is 0 Å². The first-order valence-electron chi connectivity index (χ1n) is 10.9. The number of nitrogens with zero attached hydrogens (tertiary/aromatic N) is 3. The Morgan fingerprint density at radius 3 is 2.82 bits per heavy atom. The van der Waals surface area contributed by atoms with Crippen molar-refractivity contribution < 1.29 is 4.79 Å². The number of benzene rings is 1. The van der Waals surface area contributed by atoms with Gasteiger partial charge in [-0.3, -0.25) is 14.6 Å². The highest BCUT2D eigenvalue weighted by molar-refractivity contribution is 7.99. The van der Waals surface area contributed by atoms with E-state index in [1.807, 2.05) is 53.9 Å². The van der Waals surface area contributed by atoms with Gasteiger partial charge < -0.3 is 5.32 Å². The monoisotopic (exact) mass is 477 g/mol. The minimum atomic E-state index is -0.130. The van der Waals surface area contributed by atoms with Crippen molar-refractivity contribution in [2.45, 2.75) is 31.4 Å². The molecule has 1 aliphatic rings. The molecule has 2 N–H and O–H groups in total. The number of aryl methyl sites for hydroxylation is 1. The molecule has 33 heavy (non-hydrogen) atoms. The third kappa shape index (κ3) is 4.94. The SMILES string of the molecule is O=C(CSCc1ccccc1)Nc1cc(-c2cccs2)nn1-c1nc2c(c(=O)[nH]1)CCCC2. The van der Waals surface area contributed by atoms with Gasteiger partial charge in [-0.1, -0.05) is 36.4 Å². The summed E-state index contributed by atoms with van der Waals surface area (Å²) < 4.78 is 1.53. The van der Waals surface area contributed by atoms with E-state index in [2.05, 4.69) is 15.4 Å². The number of thioether (sulfide) groups is 1. The smallest absolute Gasteiger partial charge is 0.255 e. The Balaban J connectivity index is 1.40. The summed E-state index contributed by atoms with van der Waals surface area (Å²) in [5.74, 6) is 1.75. The van der Waals surface area contributed by atoms with Crippen molar-refractivity contribution in [3.05, 3.63) is 81.1 Å². The van der Waals surface area contributed by atoms with Crippen LogP contribution in [0.25, 0.3) is 16.5 Å². The van der Waals surface area contributed by atoms with Crippen LogP contribution in [-0.4, -0.2) is 31.4 Å². The van der Waals surface area contributed by atoms with Gasteiger partial charge in [-0.05, 0) is 42.7 Å². The molecule has 1 amide bonds. The second kappa shape index (κ2) is 9.76. The van der Waals surface area contributed by atoms with Gasteiger partial charge in [0.15, 0.2) is 0 Å². The van der Waals surface area contributed by atoms with Crippen LogP contribution in [0.15, 0.2) is 58.7 Å². The van der Waals surface area contributed by atoms with Crippen molar-refractivity contribution >= 4 is 34.8 Å². The molecule has 7 nitrogen and oxygen atoms in total. The molecule has 1 aliphatic carbocycles. The number of nitrogens with one attached hydrogen (secondary N) is 2. The number of H-pyrrole nitrogens is 1. The van der Waals surface area contributed by atoms with Gasteiger partial charge in [-0.2, -0.15) is 9.78 Å². The molecule has 168 valence electrons. The van der Waals surface area contributed by atoms with Gasteiger partial charge in [-0.15, -0.1) is 23.1 Å². The van der Waals surface area contributed by atoms with Crippen molar-refractivity contribution in [2.75, 3.05) is 11.1 Å². The van der Waals surface area contributed by atoms with E-state index in [0.717, 1.165) is 53.3 Å². The zero-order valence-corrected chi connectivity index (χ0v) is 19.5. The van der Waals surface area contributed by atoms with Crippen LogP contribution in [0.2, 0.25) is 0 Å². The number of amides is 1. The molecule has 0 unspecified atom stereocenters. The molecular formula is C24H23N5O2S2. The largest absolute Gasteiger partial charge is 0.310 e. The molecule has 1 aromatic carbocycles. The van der Waals surface area contributed by atoms with Crippen LogP contribution in [-0.2, 0) is 23.4 Å². The molecule has 0 fully saturated rings. The second-order valence-electron chi connectivity index (χ2n) is 7.85. The molecule has 4 aromatic rings. The number of fused-ring (bicyclic) bond motifs is 1. The van der Waals surface area contributed by atoms with E-state index in [1.54, 1.807) is 23.1 Å². The number of carbonyl (C=O) groups excluding carboxylic acids is 1. The average molecular weight is 478 g/mol. The van der Waals surface area contributed by atoms with Crippen LogP contribution in [0, 0.1) is 0 Å². The van der Waals surface area contributed by atoms with Gasteiger partial charge in [0.2, 0.25) is 11.9 Å². The lowest BCUT2D eigenvalue weighted by Crippen LogP contribution is -2.25. The molecule has 0 spiro atoms. The van der Waals surface area contributed by atoms with Crippen LogP contribution < -0.4 is 10.9 Å². The number of hydrogen-bond acceptors (Lipinski definition) is 6. The van der Waals surface area contributed by atoms with Crippen LogP contribution in [0.1, 0.15) is 29.7 Å². The normalized spacial score (nSPS) is 13.0. The number of thiophene rings is 1. The van der Waals surface area contributed by atoms with E-state index in [0.29, 0.717) is 17.5 Å². The van der Waals surface area contributed by atoms with Gasteiger partial charge in [0.25, 0.3) is 5.56 Å². The fraction of sp³-hybridized carbons (Fsp3) is 0.250. The Kier molecular flexibility index (Phi) is 6.41. The number of rotatable bonds is 7. The molecule has 5 rings (SSSR count). The highest BCUT2D eigenvalue weighted by atomic mass is 32.2. The van der Waals surface area contributed by atoms with E-state index in [1.165, 1.54) is 10.2 Å². The van der Waals surface area contributed by atoms with Crippen LogP contribution >= 0.6 is 23.1 Å². The van der Waals surface area contributed by atoms with E-state index in [-0.39, 0.29) is 11.5 Å². The fourth-order valence-electron chi connectivity index (χ4n) is 3.88. The van der Waals surface area contributed by atoms with Crippen molar-refractivity contribution in [3.63, 3.8) is 0 Å². The highest BCUT2D eigenvalue weighted by Crippen LogP contribution is 2.28. The summed E-state index contributed by atoms with van der Waals surface area (Å²) in [6.45, 7) is 0. The summed E-state index contributed by atoms with van der Waals surface area (Å²) in [5.41, 5.74) is 3.36. The molecular weight excluding hydrogens is 454 g/mol. The highest BCUT2D eigenvalue weighted by Gasteiger charge is 2.20. The van der Waals surface area contributed by atoms with Crippen molar-refractivity contribution in [1.29, 1.82) is 0 Å². The molecule has 0 aliphatic heterocycles. The fourth-order valence-corrected chi connectivity index (χ4v) is 5.35. The summed E-state index contributed by atoms with van der Waals surface area (Å²) in [7, 11) is 0. The molecule has 0 saturated heterocycles. The van der Waals surface area contributed by atoms with Gasteiger partial charge in [-0.25, -0.2) is 4.98 Å². The molecule has 0 radical (unpaired) electrons. The molecule has 0 bridgehead atoms. The summed E-state index contributed by atoms with van der Waals surface area (Å²) in [4.78, 5) is 33.9. The first-order chi connectivity index (χ1) is 16.2. The van der Waals surface area contributed by atoms with Crippen molar-refractivity contribution in [1.82, 2.24) is 19.7 Å². The quantitative estimate of drug-likeness (QED) is 0.411. The number of aromatic amines is 1. The summed E-state index contributed by atoms with van der Waals surface area (Å²) in [5, 5.41) is 9.61. The van der Waals surface area contributed by atoms with Crippen LogP contribution in [0.5, 0.6) is 0 Å². The van der Waals surface area contributed by atoms with Gasteiger partial charge in [0.05, 0.1) is 16.3 Å². The first kappa shape index (κ1) is 21.7. The van der Waals surface area contributed by atoms with Crippen molar-refractivity contribution in [2.24, 2.45) is 0 Å². The lowest BCUT2D eigenvalue weighted by atomic mass is 9.97. The third-order valence-electron chi connectivity index (χ3n) is 5.47. The molecule has 3 heterocycles. The molecule has 0 atom stereocenters. The lowest BCUT2D eigenvalue weighted by Gasteiger charge is -2.15. The number of hydrogen-bond donors (Lipinski definition) is 2. The Hall–Kier alpha value is -3.17. The summed E-state index contributed by atoms with van der Waals surface area (Å²) in [6, 6.07) is 15.8. The van der Waals surface area contributed by atoms with E-state index >= 15 is 0 Å². The topological polar surface area (TPSA) is 92.7 Å². The number of anilines is 1. The molecule has 3 aromatic heterocycles. The Bertz CT molecular complexity index is 1310. The third-order valence-corrected chi connectivity index (χ3v) is 7.37. The maximum Gasteiger partial charge on any atom is 0.255 e. The standard InChI is InChI=1S/C24H23N5O2S2/c30-22(15-32-14-16-7-2-1-3-8-16)26-21-13-19(20-11-6-12-33-20)28-29(21)24-25-18-10-5-4-9-17(18)23(31)27-24/h1-3,6-8,11-13H,4-5,9-10,14-15H2,(H,26,30)(H,25,27,31). The summed E-state index contributed by atoms with van der Waals surface area (Å²) in [6.07, 6.45) is 3.55.